The van der Waals surface area contributed by atoms with Gasteiger partial charge in [-0.15, -0.1) is 0 Å². The van der Waals surface area contributed by atoms with Crippen LogP contribution in [0.25, 0.3) is 0 Å². The molecule has 6 heteroatoms. The second kappa shape index (κ2) is 4.87. The summed E-state index contributed by atoms with van der Waals surface area (Å²) in [7, 11) is 0. The van der Waals surface area contributed by atoms with E-state index in [0.29, 0.717) is 17.8 Å². The number of carbonyl (C=O) groups excluding carboxylic acids is 1. The number of nitrogens with one attached hydrogen (secondary N) is 2. The van der Waals surface area contributed by atoms with Crippen LogP contribution in [0.5, 0.6) is 0 Å². The maximum Gasteiger partial charge on any atom is 0.257 e. The van der Waals surface area contributed by atoms with E-state index in [4.69, 9.17) is 5.73 Å². The van der Waals surface area contributed by atoms with Crippen molar-refractivity contribution in [2.24, 2.45) is 0 Å². The molecule has 2 heterocycles. The van der Waals surface area contributed by atoms with E-state index >= 15 is 0 Å². The number of aromatic amines is 1. The van der Waals surface area contributed by atoms with E-state index in [1.165, 1.54) is 0 Å². The number of rotatable bonds is 3. The highest BCUT2D eigenvalue weighted by atomic mass is 16.1. The van der Waals surface area contributed by atoms with E-state index in [2.05, 4.69) is 20.5 Å². The number of nitrogens with two attached hydrogens (primary N) is 1. The average molecular weight is 245 g/mol. The molecule has 0 saturated heterocycles. The Bertz CT molecular complexity index is 556. The third-order valence-corrected chi connectivity index (χ3v) is 2.78. The first kappa shape index (κ1) is 12.1. The van der Waals surface area contributed by atoms with Gasteiger partial charge in [0.25, 0.3) is 5.91 Å². The molecule has 0 aliphatic heterocycles. The SMILES string of the molecule is Cc1cnccc1CNC(=O)c1c(N)n[nH]c1C. The number of aromatic nitrogens is 3. The molecular weight excluding hydrogens is 230 g/mol. The highest BCUT2D eigenvalue weighted by Crippen LogP contribution is 2.12. The number of aryl methyl sites for hydroxylation is 2. The van der Waals surface area contributed by atoms with Crippen molar-refractivity contribution in [2.75, 3.05) is 5.73 Å². The third-order valence-electron chi connectivity index (χ3n) is 2.78. The Morgan fingerprint density at radius 3 is 2.89 bits per heavy atom. The topological polar surface area (TPSA) is 96.7 Å². The second-order valence-electron chi connectivity index (χ2n) is 4.09. The molecule has 1 amide bonds. The van der Waals surface area contributed by atoms with Crippen LogP contribution in [0.4, 0.5) is 5.82 Å². The number of carbonyl (C=O) groups is 1. The van der Waals surface area contributed by atoms with Gasteiger partial charge in [0.2, 0.25) is 0 Å². The Morgan fingerprint density at radius 1 is 1.50 bits per heavy atom. The summed E-state index contributed by atoms with van der Waals surface area (Å²) < 4.78 is 0. The predicted octanol–water partition coefficient (Wildman–Crippen LogP) is 0.934. The standard InChI is InChI=1S/C12H15N5O/c1-7-5-14-4-3-9(7)6-15-12(18)10-8(2)16-17-11(10)13/h3-5H,6H2,1-2H3,(H,15,18)(H3,13,16,17). The quantitative estimate of drug-likeness (QED) is 0.749. The van der Waals surface area contributed by atoms with Crippen LogP contribution in [0.3, 0.4) is 0 Å². The van der Waals surface area contributed by atoms with Gasteiger partial charge in [-0.25, -0.2) is 0 Å². The average Bonchev–Trinajstić information content (AvgIpc) is 2.68. The number of pyridine rings is 1. The Kier molecular flexibility index (Phi) is 3.27. The molecule has 94 valence electrons. The third kappa shape index (κ3) is 2.32. The lowest BCUT2D eigenvalue weighted by molar-refractivity contribution is 0.0951. The summed E-state index contributed by atoms with van der Waals surface area (Å²) in [5, 5.41) is 9.29. The van der Waals surface area contributed by atoms with Crippen LogP contribution in [0, 0.1) is 13.8 Å². The first-order valence-electron chi connectivity index (χ1n) is 5.57. The normalized spacial score (nSPS) is 10.3. The fourth-order valence-corrected chi connectivity index (χ4v) is 1.70. The number of nitrogens with zero attached hydrogens (tertiary/aromatic N) is 2. The summed E-state index contributed by atoms with van der Waals surface area (Å²) in [6.45, 7) is 4.15. The van der Waals surface area contributed by atoms with Gasteiger partial charge in [0.1, 0.15) is 5.56 Å². The Balaban J connectivity index is 2.08. The predicted molar refractivity (Wildman–Crippen MR) is 67.9 cm³/mol. The molecule has 0 bridgehead atoms. The lowest BCUT2D eigenvalue weighted by atomic mass is 10.1. The maximum atomic E-state index is 12.0. The number of amides is 1. The molecule has 2 rings (SSSR count). The molecular formula is C12H15N5O. The fraction of sp³-hybridized carbons (Fsp3) is 0.250. The Hall–Kier alpha value is -2.37. The summed E-state index contributed by atoms with van der Waals surface area (Å²) in [6, 6.07) is 1.88. The Morgan fingerprint density at radius 2 is 2.28 bits per heavy atom. The molecule has 4 N–H and O–H groups in total. The van der Waals surface area contributed by atoms with E-state index in [1.54, 1.807) is 19.3 Å². The van der Waals surface area contributed by atoms with Crippen molar-refractivity contribution in [3.05, 3.63) is 40.8 Å². The summed E-state index contributed by atoms with van der Waals surface area (Å²) in [4.78, 5) is 16.0. The molecule has 2 aromatic rings. The summed E-state index contributed by atoms with van der Waals surface area (Å²) in [5.74, 6) is -0.00795. The van der Waals surface area contributed by atoms with Crippen LogP contribution in [0.1, 0.15) is 27.2 Å². The van der Waals surface area contributed by atoms with Gasteiger partial charge in [-0.2, -0.15) is 5.10 Å². The molecule has 0 aliphatic carbocycles. The van der Waals surface area contributed by atoms with E-state index < -0.39 is 0 Å². The lowest BCUT2D eigenvalue weighted by Crippen LogP contribution is -2.24. The van der Waals surface area contributed by atoms with E-state index in [0.717, 1.165) is 11.1 Å². The van der Waals surface area contributed by atoms with Crippen LogP contribution in [0.15, 0.2) is 18.5 Å². The van der Waals surface area contributed by atoms with E-state index in [-0.39, 0.29) is 11.7 Å². The Labute approximate surface area is 105 Å². The summed E-state index contributed by atoms with van der Waals surface area (Å²) >= 11 is 0. The molecule has 6 nitrogen and oxygen atoms in total. The molecule has 0 atom stereocenters. The number of hydrogen-bond acceptors (Lipinski definition) is 4. The lowest BCUT2D eigenvalue weighted by Gasteiger charge is -2.07. The minimum atomic E-state index is -0.227. The minimum absolute atomic E-state index is 0.219. The van der Waals surface area contributed by atoms with Gasteiger partial charge < -0.3 is 11.1 Å². The van der Waals surface area contributed by atoms with Gasteiger partial charge in [0.15, 0.2) is 5.82 Å². The molecule has 2 aromatic heterocycles. The number of anilines is 1. The van der Waals surface area contributed by atoms with Gasteiger partial charge in [0, 0.05) is 24.6 Å². The van der Waals surface area contributed by atoms with Gasteiger partial charge in [-0.1, -0.05) is 0 Å². The highest BCUT2D eigenvalue weighted by Gasteiger charge is 2.15. The van der Waals surface area contributed by atoms with Crippen molar-refractivity contribution < 1.29 is 4.79 Å². The van der Waals surface area contributed by atoms with Crippen molar-refractivity contribution in [3.63, 3.8) is 0 Å². The first-order valence-corrected chi connectivity index (χ1v) is 5.57. The zero-order chi connectivity index (χ0) is 13.1. The van der Waals surface area contributed by atoms with Gasteiger partial charge >= 0.3 is 0 Å². The van der Waals surface area contributed by atoms with Crippen molar-refractivity contribution in [3.8, 4) is 0 Å². The number of nitrogen functional groups attached to an aromatic ring is 1. The van der Waals surface area contributed by atoms with E-state index in [1.807, 2.05) is 13.0 Å². The molecule has 0 aliphatic rings. The van der Waals surface area contributed by atoms with Gasteiger partial charge in [-0.05, 0) is 31.0 Å². The first-order chi connectivity index (χ1) is 8.59. The van der Waals surface area contributed by atoms with Crippen molar-refractivity contribution in [1.29, 1.82) is 0 Å². The van der Waals surface area contributed by atoms with Crippen LogP contribution in [0.2, 0.25) is 0 Å². The van der Waals surface area contributed by atoms with Crippen LogP contribution in [-0.2, 0) is 6.54 Å². The molecule has 0 fully saturated rings. The largest absolute Gasteiger partial charge is 0.382 e. The second-order valence-corrected chi connectivity index (χ2v) is 4.09. The highest BCUT2D eigenvalue weighted by molar-refractivity contribution is 5.99. The molecule has 0 aromatic carbocycles. The zero-order valence-electron chi connectivity index (χ0n) is 10.3. The van der Waals surface area contributed by atoms with Gasteiger partial charge in [-0.3, -0.25) is 14.9 Å². The molecule has 0 unspecified atom stereocenters. The van der Waals surface area contributed by atoms with Crippen molar-refractivity contribution in [1.82, 2.24) is 20.5 Å². The van der Waals surface area contributed by atoms with Gasteiger partial charge in [0.05, 0.1) is 0 Å². The van der Waals surface area contributed by atoms with Crippen LogP contribution in [-0.4, -0.2) is 21.1 Å². The molecule has 0 saturated carbocycles. The molecule has 0 spiro atoms. The summed E-state index contributed by atoms with van der Waals surface area (Å²) in [5.41, 5.74) is 8.76. The number of hydrogen-bond donors (Lipinski definition) is 3. The smallest absolute Gasteiger partial charge is 0.257 e. The van der Waals surface area contributed by atoms with Crippen LogP contribution >= 0.6 is 0 Å². The monoisotopic (exact) mass is 245 g/mol. The summed E-state index contributed by atoms with van der Waals surface area (Å²) in [6.07, 6.45) is 3.46. The maximum absolute atomic E-state index is 12.0. The molecule has 18 heavy (non-hydrogen) atoms. The molecule has 0 radical (unpaired) electrons. The zero-order valence-corrected chi connectivity index (χ0v) is 10.3. The van der Waals surface area contributed by atoms with E-state index in [9.17, 15) is 4.79 Å². The number of H-pyrrole nitrogens is 1. The van der Waals surface area contributed by atoms with Crippen LogP contribution < -0.4 is 11.1 Å². The fourth-order valence-electron chi connectivity index (χ4n) is 1.70. The van der Waals surface area contributed by atoms with Crippen molar-refractivity contribution >= 4 is 11.7 Å². The minimum Gasteiger partial charge on any atom is -0.382 e. The van der Waals surface area contributed by atoms with Crippen molar-refractivity contribution in [2.45, 2.75) is 20.4 Å².